The molecular weight excluding hydrogens is 326 g/mol. The van der Waals surface area contributed by atoms with Gasteiger partial charge >= 0.3 is 0 Å². The number of hydrazine groups is 1. The molecule has 1 aromatic heterocycles. The largest absolute Gasteiger partial charge is 0.489 e. The summed E-state index contributed by atoms with van der Waals surface area (Å²) in [6.45, 7) is 2.39. The number of pyridine rings is 1. The minimum Gasteiger partial charge on any atom is -0.489 e. The van der Waals surface area contributed by atoms with Crippen LogP contribution in [0, 0.1) is 18.3 Å². The van der Waals surface area contributed by atoms with Gasteiger partial charge < -0.3 is 15.9 Å². The van der Waals surface area contributed by atoms with Crippen molar-refractivity contribution in [1.29, 1.82) is 5.26 Å². The van der Waals surface area contributed by atoms with E-state index in [9.17, 15) is 0 Å². The second-order valence-electron chi connectivity index (χ2n) is 5.84. The van der Waals surface area contributed by atoms with Gasteiger partial charge in [-0.2, -0.15) is 5.26 Å². The zero-order valence-electron chi connectivity index (χ0n) is 14.4. The average Bonchev–Trinajstić information content (AvgIpc) is 2.67. The summed E-state index contributed by atoms with van der Waals surface area (Å²) in [6.07, 6.45) is 0. The number of nitrogens with zero attached hydrogens (tertiary/aromatic N) is 2. The molecular formula is C20H19N5O. The van der Waals surface area contributed by atoms with E-state index in [0.29, 0.717) is 17.9 Å². The van der Waals surface area contributed by atoms with E-state index in [-0.39, 0.29) is 11.4 Å². The average molecular weight is 345 g/mol. The summed E-state index contributed by atoms with van der Waals surface area (Å²) < 4.78 is 5.87. The number of hydrogen-bond acceptors (Lipinski definition) is 6. The number of ether oxygens (including phenoxy) is 1. The zero-order chi connectivity index (χ0) is 18.5. The van der Waals surface area contributed by atoms with Gasteiger partial charge in [-0.25, -0.2) is 5.84 Å². The van der Waals surface area contributed by atoms with Crippen molar-refractivity contribution in [3.63, 3.8) is 0 Å². The molecule has 0 aliphatic heterocycles. The van der Waals surface area contributed by atoms with E-state index >= 15 is 0 Å². The van der Waals surface area contributed by atoms with E-state index in [2.05, 4.69) is 22.5 Å². The molecule has 0 saturated carbocycles. The first-order chi connectivity index (χ1) is 12.6. The Bertz CT molecular complexity index is 1020. The first kappa shape index (κ1) is 17.3. The molecule has 0 bridgehead atoms. The fraction of sp³-hybridized carbons (Fsp3) is 0.100. The van der Waals surface area contributed by atoms with E-state index in [0.717, 1.165) is 22.2 Å². The Morgan fingerprint density at radius 2 is 2.04 bits per heavy atom. The lowest BCUT2D eigenvalue weighted by molar-refractivity contribution is 0.306. The fourth-order valence-corrected chi connectivity index (χ4v) is 2.60. The van der Waals surface area contributed by atoms with Gasteiger partial charge in [0.25, 0.3) is 0 Å². The Hall–Kier alpha value is -3.56. The van der Waals surface area contributed by atoms with Crippen LogP contribution in [0.3, 0.4) is 0 Å². The molecule has 6 heteroatoms. The standard InChI is InChI=1S/C20H19N5O/c1-13-5-7-15-9-14(6-8-18(15)24-13)12-26-17-4-2-3-16(10-17)20(22)19(11-21)25-23/h2-10,25H,12,22-23H2,1H3/b20-19-. The van der Waals surface area contributed by atoms with Crippen LogP contribution in [-0.2, 0) is 6.61 Å². The van der Waals surface area contributed by atoms with Crippen molar-refractivity contribution in [3.05, 3.63) is 77.1 Å². The molecule has 0 radical (unpaired) electrons. The molecule has 3 aromatic rings. The maximum absolute atomic E-state index is 9.02. The second kappa shape index (κ2) is 7.55. The van der Waals surface area contributed by atoms with Crippen LogP contribution in [0.5, 0.6) is 5.75 Å². The Kier molecular flexibility index (Phi) is 5.02. The molecule has 0 atom stereocenters. The van der Waals surface area contributed by atoms with Crippen molar-refractivity contribution in [2.75, 3.05) is 0 Å². The smallest absolute Gasteiger partial charge is 0.151 e. The number of aryl methyl sites for hydroxylation is 1. The Balaban J connectivity index is 1.78. The lowest BCUT2D eigenvalue weighted by Crippen LogP contribution is -2.23. The summed E-state index contributed by atoms with van der Waals surface area (Å²) in [5.74, 6) is 5.96. The third-order valence-corrected chi connectivity index (χ3v) is 3.97. The van der Waals surface area contributed by atoms with Crippen molar-refractivity contribution in [2.45, 2.75) is 13.5 Å². The minimum absolute atomic E-state index is 0.111. The molecule has 0 fully saturated rings. The van der Waals surface area contributed by atoms with Crippen LogP contribution < -0.4 is 21.7 Å². The van der Waals surface area contributed by atoms with Gasteiger partial charge in [0.15, 0.2) is 5.70 Å². The third-order valence-electron chi connectivity index (χ3n) is 3.97. The summed E-state index contributed by atoms with van der Waals surface area (Å²) in [7, 11) is 0. The predicted octanol–water partition coefficient (Wildman–Crippen LogP) is 2.74. The van der Waals surface area contributed by atoms with Crippen LogP contribution in [0.15, 0.2) is 60.3 Å². The molecule has 26 heavy (non-hydrogen) atoms. The maximum Gasteiger partial charge on any atom is 0.151 e. The normalized spacial score (nSPS) is 11.6. The predicted molar refractivity (Wildman–Crippen MR) is 101 cm³/mol. The number of hydrogen-bond donors (Lipinski definition) is 3. The number of nitrogens with one attached hydrogen (secondary N) is 1. The van der Waals surface area contributed by atoms with Crippen LogP contribution in [0.2, 0.25) is 0 Å². The van der Waals surface area contributed by atoms with Crippen molar-refractivity contribution >= 4 is 16.6 Å². The number of aromatic nitrogens is 1. The summed E-state index contributed by atoms with van der Waals surface area (Å²) in [6, 6.07) is 19.2. The lowest BCUT2D eigenvalue weighted by Gasteiger charge is -2.10. The van der Waals surface area contributed by atoms with Crippen molar-refractivity contribution in [1.82, 2.24) is 10.4 Å². The molecule has 3 rings (SSSR count). The van der Waals surface area contributed by atoms with E-state index in [4.69, 9.17) is 21.6 Å². The van der Waals surface area contributed by atoms with Gasteiger partial charge in [-0.1, -0.05) is 24.3 Å². The van der Waals surface area contributed by atoms with Gasteiger partial charge in [-0.05, 0) is 42.8 Å². The van der Waals surface area contributed by atoms with Crippen molar-refractivity contribution < 1.29 is 4.74 Å². The molecule has 5 N–H and O–H groups in total. The third kappa shape index (κ3) is 3.74. The molecule has 0 spiro atoms. The highest BCUT2D eigenvalue weighted by molar-refractivity contribution is 5.79. The molecule has 130 valence electrons. The fourth-order valence-electron chi connectivity index (χ4n) is 2.60. The summed E-state index contributed by atoms with van der Waals surface area (Å²) >= 11 is 0. The molecule has 0 saturated heterocycles. The quantitative estimate of drug-likeness (QED) is 0.372. The number of nitriles is 1. The van der Waals surface area contributed by atoms with Crippen molar-refractivity contribution in [3.8, 4) is 11.8 Å². The molecule has 0 unspecified atom stereocenters. The second-order valence-corrected chi connectivity index (χ2v) is 5.84. The maximum atomic E-state index is 9.02. The van der Waals surface area contributed by atoms with Gasteiger partial charge in [0.2, 0.25) is 0 Å². The number of allylic oxidation sites excluding steroid dienone is 1. The van der Waals surface area contributed by atoms with Crippen LogP contribution in [0.4, 0.5) is 0 Å². The van der Waals surface area contributed by atoms with Crippen LogP contribution in [0.1, 0.15) is 16.8 Å². The van der Waals surface area contributed by atoms with E-state index in [1.807, 2.05) is 43.3 Å². The molecule has 0 amide bonds. The van der Waals surface area contributed by atoms with Crippen molar-refractivity contribution in [2.24, 2.45) is 11.6 Å². The first-order valence-electron chi connectivity index (χ1n) is 8.06. The Morgan fingerprint density at radius 3 is 2.81 bits per heavy atom. The number of nitrogens with two attached hydrogens (primary N) is 2. The van der Waals surface area contributed by atoms with Crippen LogP contribution >= 0.6 is 0 Å². The van der Waals surface area contributed by atoms with Crippen LogP contribution in [0.25, 0.3) is 16.6 Å². The Morgan fingerprint density at radius 1 is 1.19 bits per heavy atom. The highest BCUT2D eigenvalue weighted by Gasteiger charge is 2.06. The number of rotatable bonds is 5. The molecule has 0 aliphatic carbocycles. The number of benzene rings is 2. The summed E-state index contributed by atoms with van der Waals surface area (Å²) in [5, 5.41) is 10.1. The van der Waals surface area contributed by atoms with E-state index in [1.165, 1.54) is 0 Å². The van der Waals surface area contributed by atoms with Crippen LogP contribution in [-0.4, -0.2) is 4.98 Å². The molecule has 0 aliphatic rings. The Labute approximate surface area is 151 Å². The molecule has 6 nitrogen and oxygen atoms in total. The summed E-state index contributed by atoms with van der Waals surface area (Å²) in [5.41, 5.74) is 12.3. The number of fused-ring (bicyclic) bond motifs is 1. The molecule has 1 heterocycles. The lowest BCUT2D eigenvalue weighted by atomic mass is 10.1. The minimum atomic E-state index is 0.111. The van der Waals surface area contributed by atoms with E-state index in [1.54, 1.807) is 12.1 Å². The van der Waals surface area contributed by atoms with Gasteiger partial charge in [0.05, 0.1) is 11.2 Å². The van der Waals surface area contributed by atoms with Gasteiger partial charge in [0.1, 0.15) is 18.4 Å². The first-order valence-corrected chi connectivity index (χ1v) is 8.06. The zero-order valence-corrected chi connectivity index (χ0v) is 14.4. The van der Waals surface area contributed by atoms with E-state index < -0.39 is 0 Å². The summed E-state index contributed by atoms with van der Waals surface area (Å²) in [4.78, 5) is 4.50. The SMILES string of the molecule is Cc1ccc2cc(COc3cccc(/C(N)=C(\C#N)NN)c3)ccc2n1. The molecule has 2 aromatic carbocycles. The topological polar surface area (TPSA) is 110 Å². The monoisotopic (exact) mass is 345 g/mol. The van der Waals surface area contributed by atoms with Gasteiger partial charge in [0, 0.05) is 16.6 Å². The highest BCUT2D eigenvalue weighted by Crippen LogP contribution is 2.21. The van der Waals surface area contributed by atoms with Gasteiger partial charge in [-0.3, -0.25) is 4.98 Å². The highest BCUT2D eigenvalue weighted by atomic mass is 16.5. The van der Waals surface area contributed by atoms with Gasteiger partial charge in [-0.15, -0.1) is 0 Å².